The molecule has 0 bridgehead atoms. The maximum absolute atomic E-state index is 11.0. The van der Waals surface area contributed by atoms with E-state index in [2.05, 4.69) is 30.0 Å². The lowest BCUT2D eigenvalue weighted by Crippen LogP contribution is -2.30. The van der Waals surface area contributed by atoms with Gasteiger partial charge < -0.3 is 5.32 Å². The number of nitrogens with one attached hydrogen (secondary N) is 3. The van der Waals surface area contributed by atoms with Crippen LogP contribution >= 0.6 is 0 Å². The van der Waals surface area contributed by atoms with Crippen LogP contribution in [0, 0.1) is 27.4 Å². The van der Waals surface area contributed by atoms with Crippen LogP contribution in [0.4, 0.5) is 11.4 Å². The summed E-state index contributed by atoms with van der Waals surface area (Å²) in [5, 5.41) is 23.0. The average Bonchev–Trinajstić information content (AvgIpc) is 2.75. The summed E-state index contributed by atoms with van der Waals surface area (Å²) in [6.07, 6.45) is 0. The van der Waals surface area contributed by atoms with Gasteiger partial charge in [-0.1, -0.05) is 0 Å². The Bertz CT molecular complexity index is 544. The molecule has 0 radical (unpaired) electrons. The van der Waals surface area contributed by atoms with Gasteiger partial charge in [0.2, 0.25) is 0 Å². The van der Waals surface area contributed by atoms with E-state index in [1.807, 2.05) is 6.07 Å². The normalized spacial score (nSPS) is 25.1. The molecule has 3 N–H and O–H groups in total. The maximum Gasteiger partial charge on any atom is 0.293 e. The molecule has 0 aromatic heterocycles. The van der Waals surface area contributed by atoms with Crippen LogP contribution in [0.1, 0.15) is 19.4 Å². The molecule has 2 rings (SSSR count). The van der Waals surface area contributed by atoms with Gasteiger partial charge >= 0.3 is 0 Å². The maximum atomic E-state index is 11.0. The monoisotopic (exact) mass is 275 g/mol. The van der Waals surface area contributed by atoms with Crippen LogP contribution in [0.25, 0.3) is 0 Å². The quantitative estimate of drug-likeness (QED) is 0.566. The first-order chi connectivity index (χ1) is 9.52. The predicted octanol–water partition coefficient (Wildman–Crippen LogP) is 1.38. The molecule has 2 unspecified atom stereocenters. The van der Waals surface area contributed by atoms with Gasteiger partial charge in [-0.2, -0.15) is 5.26 Å². The Labute approximate surface area is 117 Å². The Hall–Kier alpha value is -2.17. The highest BCUT2D eigenvalue weighted by Gasteiger charge is 2.29. The van der Waals surface area contributed by atoms with Crippen LogP contribution in [0.2, 0.25) is 0 Å². The fourth-order valence-corrected chi connectivity index (χ4v) is 2.39. The SMILES string of the molecule is CC1NNC(C)C1CNc1ccc(C#N)cc1[N+](=O)[O-]. The lowest BCUT2D eigenvalue weighted by Gasteiger charge is -2.19. The number of nitriles is 1. The molecule has 1 aromatic carbocycles. The van der Waals surface area contributed by atoms with Gasteiger partial charge in [0, 0.05) is 30.6 Å². The molecule has 1 heterocycles. The number of nitro groups is 1. The number of rotatable bonds is 4. The summed E-state index contributed by atoms with van der Waals surface area (Å²) in [6.45, 7) is 4.75. The van der Waals surface area contributed by atoms with Gasteiger partial charge in [0.25, 0.3) is 5.69 Å². The molecule has 0 spiro atoms. The number of hydrazine groups is 1. The Morgan fingerprint density at radius 2 is 2.05 bits per heavy atom. The third-order valence-electron chi connectivity index (χ3n) is 3.67. The largest absolute Gasteiger partial charge is 0.379 e. The van der Waals surface area contributed by atoms with Crippen molar-refractivity contribution in [2.24, 2.45) is 5.92 Å². The Balaban J connectivity index is 2.13. The highest BCUT2D eigenvalue weighted by atomic mass is 16.6. The fraction of sp³-hybridized carbons (Fsp3) is 0.462. The molecular weight excluding hydrogens is 258 g/mol. The molecule has 1 aromatic rings. The Kier molecular flexibility index (Phi) is 4.17. The van der Waals surface area contributed by atoms with Crippen LogP contribution in [0.15, 0.2) is 18.2 Å². The van der Waals surface area contributed by atoms with Crippen molar-refractivity contribution in [3.05, 3.63) is 33.9 Å². The number of hydrogen-bond acceptors (Lipinski definition) is 6. The molecule has 1 aliphatic heterocycles. The minimum Gasteiger partial charge on any atom is -0.379 e. The first-order valence-electron chi connectivity index (χ1n) is 6.46. The molecular formula is C13H17N5O2. The van der Waals surface area contributed by atoms with E-state index in [9.17, 15) is 10.1 Å². The van der Waals surface area contributed by atoms with Crippen LogP contribution in [0.3, 0.4) is 0 Å². The van der Waals surface area contributed by atoms with E-state index in [0.29, 0.717) is 18.2 Å². The molecule has 7 heteroatoms. The summed E-state index contributed by atoms with van der Waals surface area (Å²) >= 11 is 0. The number of nitrogens with zero attached hydrogens (tertiary/aromatic N) is 2. The van der Waals surface area contributed by atoms with Gasteiger partial charge in [-0.15, -0.1) is 0 Å². The number of benzene rings is 1. The zero-order valence-corrected chi connectivity index (χ0v) is 11.4. The highest BCUT2D eigenvalue weighted by molar-refractivity contribution is 5.64. The smallest absolute Gasteiger partial charge is 0.293 e. The van der Waals surface area contributed by atoms with E-state index < -0.39 is 4.92 Å². The van der Waals surface area contributed by atoms with E-state index in [4.69, 9.17) is 5.26 Å². The summed E-state index contributed by atoms with van der Waals surface area (Å²) in [7, 11) is 0. The van der Waals surface area contributed by atoms with Crippen molar-refractivity contribution in [1.82, 2.24) is 10.9 Å². The highest BCUT2D eigenvalue weighted by Crippen LogP contribution is 2.26. The predicted molar refractivity (Wildman–Crippen MR) is 75.0 cm³/mol. The summed E-state index contributed by atoms with van der Waals surface area (Å²) in [6, 6.07) is 6.94. The van der Waals surface area contributed by atoms with E-state index in [-0.39, 0.29) is 23.3 Å². The first-order valence-corrected chi connectivity index (χ1v) is 6.46. The molecule has 2 atom stereocenters. The van der Waals surface area contributed by atoms with Crippen molar-refractivity contribution in [2.75, 3.05) is 11.9 Å². The van der Waals surface area contributed by atoms with Crippen LogP contribution in [-0.2, 0) is 0 Å². The van der Waals surface area contributed by atoms with Crippen molar-refractivity contribution < 1.29 is 4.92 Å². The van der Waals surface area contributed by atoms with Gasteiger partial charge in [-0.3, -0.25) is 21.0 Å². The van der Waals surface area contributed by atoms with E-state index in [1.165, 1.54) is 6.07 Å². The van der Waals surface area contributed by atoms with Gasteiger partial charge in [-0.05, 0) is 26.0 Å². The van der Waals surface area contributed by atoms with Crippen LogP contribution in [-0.4, -0.2) is 23.6 Å². The first kappa shape index (κ1) is 14.2. The zero-order valence-electron chi connectivity index (χ0n) is 11.4. The summed E-state index contributed by atoms with van der Waals surface area (Å²) < 4.78 is 0. The van der Waals surface area contributed by atoms with Gasteiger partial charge in [-0.25, -0.2) is 0 Å². The van der Waals surface area contributed by atoms with E-state index in [1.54, 1.807) is 12.1 Å². The fourth-order valence-electron chi connectivity index (χ4n) is 2.39. The molecule has 1 saturated heterocycles. The molecule has 7 nitrogen and oxygen atoms in total. The summed E-state index contributed by atoms with van der Waals surface area (Å²) in [4.78, 5) is 10.6. The zero-order chi connectivity index (χ0) is 14.7. The van der Waals surface area contributed by atoms with Gasteiger partial charge in [0.15, 0.2) is 0 Å². The molecule has 20 heavy (non-hydrogen) atoms. The average molecular weight is 275 g/mol. The van der Waals surface area contributed by atoms with E-state index >= 15 is 0 Å². The topological polar surface area (TPSA) is 103 Å². The van der Waals surface area contributed by atoms with Crippen molar-refractivity contribution >= 4 is 11.4 Å². The van der Waals surface area contributed by atoms with Crippen LogP contribution < -0.4 is 16.2 Å². The minimum absolute atomic E-state index is 0.0664. The number of anilines is 1. The van der Waals surface area contributed by atoms with Crippen molar-refractivity contribution in [3.8, 4) is 6.07 Å². The molecule has 0 saturated carbocycles. The minimum atomic E-state index is -0.471. The Morgan fingerprint density at radius 3 is 2.60 bits per heavy atom. The second-order valence-corrected chi connectivity index (χ2v) is 5.01. The van der Waals surface area contributed by atoms with Crippen molar-refractivity contribution in [2.45, 2.75) is 25.9 Å². The second kappa shape index (κ2) is 5.86. The molecule has 1 fully saturated rings. The van der Waals surface area contributed by atoms with Crippen molar-refractivity contribution in [1.29, 1.82) is 5.26 Å². The number of hydrogen-bond donors (Lipinski definition) is 3. The molecule has 106 valence electrons. The van der Waals surface area contributed by atoms with Crippen molar-refractivity contribution in [3.63, 3.8) is 0 Å². The Morgan fingerprint density at radius 1 is 1.40 bits per heavy atom. The third kappa shape index (κ3) is 2.87. The lowest BCUT2D eigenvalue weighted by atomic mass is 9.96. The van der Waals surface area contributed by atoms with Crippen LogP contribution in [0.5, 0.6) is 0 Å². The van der Waals surface area contributed by atoms with Gasteiger partial charge in [0.05, 0.1) is 16.6 Å². The summed E-state index contributed by atoms with van der Waals surface area (Å²) in [5.41, 5.74) is 6.95. The van der Waals surface area contributed by atoms with E-state index in [0.717, 1.165) is 0 Å². The molecule has 0 aliphatic carbocycles. The molecule has 1 aliphatic rings. The summed E-state index contributed by atoms with van der Waals surface area (Å²) in [5.74, 6) is 0.324. The third-order valence-corrected chi connectivity index (χ3v) is 3.67. The standard InChI is InChI=1S/C13H17N5O2/c1-8-11(9(2)17-16-8)7-15-12-4-3-10(6-14)5-13(12)18(19)20/h3-5,8-9,11,15-17H,7H2,1-2H3. The lowest BCUT2D eigenvalue weighted by molar-refractivity contribution is -0.384. The number of nitro benzene ring substituents is 1. The van der Waals surface area contributed by atoms with Gasteiger partial charge in [0.1, 0.15) is 5.69 Å². The molecule has 0 amide bonds. The second-order valence-electron chi connectivity index (χ2n) is 5.01.